The molecule has 0 N–H and O–H groups in total. The number of urea groups is 1. The SMILES string of the molecule is CCCCN(C)C(=O)N=C(Cl)SC(C)C. The van der Waals surface area contributed by atoms with Gasteiger partial charge in [0.05, 0.1) is 0 Å². The van der Waals surface area contributed by atoms with Crippen LogP contribution in [0.25, 0.3) is 0 Å². The highest BCUT2D eigenvalue weighted by atomic mass is 35.5. The fraction of sp³-hybridized carbons (Fsp3) is 0.800. The Hall–Kier alpha value is -0.220. The fourth-order valence-corrected chi connectivity index (χ4v) is 2.00. The van der Waals surface area contributed by atoms with Crippen LogP contribution in [0.3, 0.4) is 0 Å². The molecule has 2 amide bonds. The molecule has 0 aliphatic rings. The number of thioether (sulfide) groups is 1. The van der Waals surface area contributed by atoms with Crippen molar-refractivity contribution >= 4 is 33.9 Å². The minimum absolute atomic E-state index is 0.262. The van der Waals surface area contributed by atoms with Gasteiger partial charge in [0.15, 0.2) is 4.50 Å². The summed E-state index contributed by atoms with van der Waals surface area (Å²) in [6.07, 6.45) is 2.06. The number of rotatable bonds is 4. The Balaban J connectivity index is 4.09. The van der Waals surface area contributed by atoms with Gasteiger partial charge in [-0.1, -0.05) is 50.6 Å². The number of amides is 2. The highest BCUT2D eigenvalue weighted by Gasteiger charge is 2.08. The third kappa shape index (κ3) is 7.68. The summed E-state index contributed by atoms with van der Waals surface area (Å²) >= 11 is 7.21. The predicted octanol–water partition coefficient (Wildman–Crippen LogP) is 3.57. The third-order valence-corrected chi connectivity index (χ3v) is 2.80. The molecule has 0 aromatic rings. The summed E-state index contributed by atoms with van der Waals surface area (Å²) in [7, 11) is 1.74. The van der Waals surface area contributed by atoms with Crippen LogP contribution in [0.15, 0.2) is 4.99 Å². The first kappa shape index (κ1) is 14.8. The predicted molar refractivity (Wildman–Crippen MR) is 68.9 cm³/mol. The van der Waals surface area contributed by atoms with Crippen molar-refractivity contribution in [1.82, 2.24) is 4.90 Å². The topological polar surface area (TPSA) is 32.7 Å². The van der Waals surface area contributed by atoms with Crippen molar-refractivity contribution in [2.24, 2.45) is 4.99 Å². The number of halogens is 1. The number of unbranched alkanes of at least 4 members (excludes halogenated alkanes) is 1. The van der Waals surface area contributed by atoms with E-state index in [-0.39, 0.29) is 6.03 Å². The Morgan fingerprint density at radius 2 is 2.13 bits per heavy atom. The van der Waals surface area contributed by atoms with Crippen molar-refractivity contribution in [3.05, 3.63) is 0 Å². The molecule has 0 bridgehead atoms. The molecule has 0 unspecified atom stereocenters. The van der Waals surface area contributed by atoms with Gasteiger partial charge in [0.2, 0.25) is 0 Å². The van der Waals surface area contributed by atoms with Gasteiger partial charge in [0.25, 0.3) is 0 Å². The fourth-order valence-electron chi connectivity index (χ4n) is 0.872. The zero-order valence-corrected chi connectivity index (χ0v) is 11.4. The molecule has 88 valence electrons. The maximum absolute atomic E-state index is 11.5. The molecule has 0 aliphatic heterocycles. The average Bonchev–Trinajstić information content (AvgIpc) is 2.12. The van der Waals surface area contributed by atoms with Crippen LogP contribution in [0.5, 0.6) is 0 Å². The Labute approximate surface area is 101 Å². The third-order valence-electron chi connectivity index (χ3n) is 1.69. The zero-order valence-electron chi connectivity index (χ0n) is 9.79. The second kappa shape index (κ2) is 7.99. The lowest BCUT2D eigenvalue weighted by atomic mass is 10.3. The summed E-state index contributed by atoms with van der Waals surface area (Å²) in [5.41, 5.74) is 0. The molecular weight excluding hydrogens is 232 g/mol. The number of carbonyl (C=O) groups is 1. The van der Waals surface area contributed by atoms with Crippen molar-refractivity contribution in [1.29, 1.82) is 0 Å². The van der Waals surface area contributed by atoms with Crippen LogP contribution < -0.4 is 0 Å². The van der Waals surface area contributed by atoms with Crippen LogP contribution in [0.4, 0.5) is 4.79 Å². The van der Waals surface area contributed by atoms with Crippen LogP contribution in [-0.4, -0.2) is 34.3 Å². The van der Waals surface area contributed by atoms with E-state index in [1.807, 2.05) is 13.8 Å². The number of carbonyl (C=O) groups excluding carboxylic acids is 1. The highest BCUT2D eigenvalue weighted by molar-refractivity contribution is 8.17. The van der Waals surface area contributed by atoms with Gasteiger partial charge in [-0.2, -0.15) is 4.99 Å². The lowest BCUT2D eigenvalue weighted by molar-refractivity contribution is 0.218. The lowest BCUT2D eigenvalue weighted by Gasteiger charge is -2.13. The quantitative estimate of drug-likeness (QED) is 0.564. The molecule has 0 saturated carbocycles. The molecule has 5 heteroatoms. The standard InChI is InChI=1S/C10H19ClN2OS/c1-5-6-7-13(4)10(14)12-9(11)15-8(2)3/h8H,5-7H2,1-4H3. The van der Waals surface area contributed by atoms with Crippen molar-refractivity contribution in [3.63, 3.8) is 0 Å². The molecule has 0 heterocycles. The van der Waals surface area contributed by atoms with E-state index in [0.29, 0.717) is 9.75 Å². The summed E-state index contributed by atoms with van der Waals surface area (Å²) in [5.74, 6) is 0. The Morgan fingerprint density at radius 1 is 1.53 bits per heavy atom. The molecule has 15 heavy (non-hydrogen) atoms. The number of nitrogens with zero attached hydrogens (tertiary/aromatic N) is 2. The van der Waals surface area contributed by atoms with Gasteiger partial charge in [0, 0.05) is 18.8 Å². The van der Waals surface area contributed by atoms with E-state index >= 15 is 0 Å². The van der Waals surface area contributed by atoms with Gasteiger partial charge in [-0.3, -0.25) is 0 Å². The average molecular weight is 251 g/mol. The molecule has 0 atom stereocenters. The van der Waals surface area contributed by atoms with Gasteiger partial charge in [-0.15, -0.1) is 0 Å². The zero-order chi connectivity index (χ0) is 11.8. The van der Waals surface area contributed by atoms with Crippen molar-refractivity contribution in [2.45, 2.75) is 38.9 Å². The molecule has 0 radical (unpaired) electrons. The maximum Gasteiger partial charge on any atom is 0.345 e. The van der Waals surface area contributed by atoms with E-state index in [4.69, 9.17) is 11.6 Å². The summed E-state index contributed by atoms with van der Waals surface area (Å²) in [6, 6.07) is -0.262. The Morgan fingerprint density at radius 3 is 2.60 bits per heavy atom. The first-order valence-corrected chi connectivity index (χ1v) is 6.39. The van der Waals surface area contributed by atoms with Gasteiger partial charge >= 0.3 is 6.03 Å². The van der Waals surface area contributed by atoms with Crippen molar-refractivity contribution < 1.29 is 4.79 Å². The van der Waals surface area contributed by atoms with E-state index in [1.165, 1.54) is 11.8 Å². The largest absolute Gasteiger partial charge is 0.345 e. The molecule has 0 saturated heterocycles. The smallest absolute Gasteiger partial charge is 0.326 e. The molecule has 3 nitrogen and oxygen atoms in total. The first-order chi connectivity index (χ1) is 6.97. The number of hydrogen-bond donors (Lipinski definition) is 0. The molecule has 0 rings (SSSR count). The van der Waals surface area contributed by atoms with Crippen LogP contribution in [0.2, 0.25) is 0 Å². The van der Waals surface area contributed by atoms with Gasteiger partial charge in [0.1, 0.15) is 0 Å². The molecule has 0 aromatic heterocycles. The summed E-state index contributed by atoms with van der Waals surface area (Å²) in [5, 5.41) is 0.343. The van der Waals surface area contributed by atoms with Gasteiger partial charge in [-0.05, 0) is 6.42 Å². The van der Waals surface area contributed by atoms with Gasteiger partial charge < -0.3 is 4.90 Å². The molecule has 0 aromatic carbocycles. The van der Waals surface area contributed by atoms with E-state index < -0.39 is 0 Å². The second-order valence-electron chi connectivity index (χ2n) is 3.59. The van der Waals surface area contributed by atoms with E-state index in [9.17, 15) is 4.79 Å². The minimum atomic E-state index is -0.262. The highest BCUT2D eigenvalue weighted by Crippen LogP contribution is 2.15. The van der Waals surface area contributed by atoms with Crippen LogP contribution in [0, 0.1) is 0 Å². The first-order valence-electron chi connectivity index (χ1n) is 5.13. The summed E-state index contributed by atoms with van der Waals surface area (Å²) in [6.45, 7) is 6.83. The number of aliphatic imine (C=N–C) groups is 1. The van der Waals surface area contributed by atoms with Crippen LogP contribution in [0.1, 0.15) is 33.6 Å². The summed E-state index contributed by atoms with van der Waals surface area (Å²) in [4.78, 5) is 16.9. The second-order valence-corrected chi connectivity index (χ2v) is 5.74. The maximum atomic E-state index is 11.5. The molecule has 0 aliphatic carbocycles. The lowest BCUT2D eigenvalue weighted by Crippen LogP contribution is -2.25. The van der Waals surface area contributed by atoms with Crippen molar-refractivity contribution in [3.8, 4) is 0 Å². The van der Waals surface area contributed by atoms with Crippen LogP contribution >= 0.6 is 23.4 Å². The van der Waals surface area contributed by atoms with E-state index in [0.717, 1.165) is 19.4 Å². The molecule has 0 spiro atoms. The minimum Gasteiger partial charge on any atom is -0.326 e. The van der Waals surface area contributed by atoms with Gasteiger partial charge in [-0.25, -0.2) is 4.79 Å². The molecular formula is C10H19ClN2OS. The van der Waals surface area contributed by atoms with Crippen LogP contribution in [-0.2, 0) is 0 Å². The Bertz CT molecular complexity index is 231. The number of hydrogen-bond acceptors (Lipinski definition) is 2. The molecule has 0 fully saturated rings. The Kier molecular flexibility index (Phi) is 7.88. The van der Waals surface area contributed by atoms with Crippen molar-refractivity contribution in [2.75, 3.05) is 13.6 Å². The summed E-state index contributed by atoms with van der Waals surface area (Å²) < 4.78 is 0.318. The normalized spacial score (nSPS) is 12.0. The van der Waals surface area contributed by atoms with E-state index in [2.05, 4.69) is 11.9 Å². The van der Waals surface area contributed by atoms with E-state index in [1.54, 1.807) is 11.9 Å². The monoisotopic (exact) mass is 250 g/mol.